The molecule has 1 aromatic carbocycles. The lowest BCUT2D eigenvalue weighted by molar-refractivity contribution is 0.570. The van der Waals surface area contributed by atoms with Crippen LogP contribution in [0.4, 0.5) is 0 Å². The Morgan fingerprint density at radius 3 is 2.54 bits per heavy atom. The van der Waals surface area contributed by atoms with Gasteiger partial charge in [0.2, 0.25) is 0 Å². The highest BCUT2D eigenvalue weighted by Crippen LogP contribution is 2.26. The molecular weight excluding hydrogens is 205 g/mol. The van der Waals surface area contributed by atoms with Crippen LogP contribution in [0.25, 0.3) is 0 Å². The minimum Gasteiger partial charge on any atom is -0.324 e. The van der Waals surface area contributed by atoms with E-state index in [0.29, 0.717) is 6.04 Å². The third-order valence-corrected chi connectivity index (χ3v) is 2.42. The first-order valence-corrected chi connectivity index (χ1v) is 4.21. The van der Waals surface area contributed by atoms with Crippen LogP contribution in [0.15, 0.2) is 24.3 Å². The topological polar surface area (TPSA) is 26.0 Å². The lowest BCUT2D eigenvalue weighted by Gasteiger charge is -2.21. The molecule has 3 heteroatoms. The van der Waals surface area contributed by atoms with Crippen LogP contribution in [-0.2, 0) is 6.42 Å². The van der Waals surface area contributed by atoms with E-state index >= 15 is 0 Å². The summed E-state index contributed by atoms with van der Waals surface area (Å²) in [4.78, 5) is 0. The maximum Gasteiger partial charge on any atom is 0.0297 e. The fraction of sp³-hybridized carbons (Fsp3) is 0.400. The Morgan fingerprint density at radius 1 is 1.15 bits per heavy atom. The molecule has 0 aromatic heterocycles. The highest BCUT2D eigenvalue weighted by molar-refractivity contribution is 5.85. The van der Waals surface area contributed by atoms with Crippen molar-refractivity contribution >= 4 is 24.8 Å². The van der Waals surface area contributed by atoms with Crippen LogP contribution in [0.5, 0.6) is 0 Å². The second kappa shape index (κ2) is 5.48. The first kappa shape index (κ1) is 12.8. The summed E-state index contributed by atoms with van der Waals surface area (Å²) in [5.74, 6) is 0. The molecule has 0 saturated heterocycles. The average Bonchev–Trinajstić information content (AvgIpc) is 2.06. The van der Waals surface area contributed by atoms with E-state index in [4.69, 9.17) is 5.73 Å². The third-order valence-electron chi connectivity index (χ3n) is 2.42. The molecule has 1 aliphatic rings. The van der Waals surface area contributed by atoms with E-state index in [0.717, 1.165) is 6.42 Å². The van der Waals surface area contributed by atoms with E-state index in [2.05, 4.69) is 24.3 Å². The Hall–Kier alpha value is -0.240. The molecule has 0 spiro atoms. The smallest absolute Gasteiger partial charge is 0.0297 e. The van der Waals surface area contributed by atoms with Crippen molar-refractivity contribution in [2.75, 3.05) is 0 Å². The fourth-order valence-corrected chi connectivity index (χ4v) is 1.79. The number of halogens is 2. The van der Waals surface area contributed by atoms with E-state index in [1.165, 1.54) is 24.0 Å². The van der Waals surface area contributed by atoms with Crippen molar-refractivity contribution in [3.63, 3.8) is 0 Å². The van der Waals surface area contributed by atoms with Crippen molar-refractivity contribution in [1.29, 1.82) is 0 Å². The van der Waals surface area contributed by atoms with Crippen molar-refractivity contribution in [3.8, 4) is 0 Å². The maximum atomic E-state index is 5.95. The number of rotatable bonds is 0. The predicted molar refractivity (Wildman–Crippen MR) is 60.8 cm³/mol. The summed E-state index contributed by atoms with van der Waals surface area (Å²) in [5, 5.41) is 0. The Kier molecular flexibility index (Phi) is 5.38. The largest absolute Gasteiger partial charge is 0.324 e. The molecule has 0 bridgehead atoms. The molecule has 0 aliphatic heterocycles. The van der Waals surface area contributed by atoms with Gasteiger partial charge in [-0.15, -0.1) is 24.8 Å². The SMILES string of the molecule is Cl.Cl.NC1CCCc2ccccc21. The van der Waals surface area contributed by atoms with Gasteiger partial charge >= 0.3 is 0 Å². The van der Waals surface area contributed by atoms with Crippen LogP contribution in [0.3, 0.4) is 0 Å². The Morgan fingerprint density at radius 2 is 1.85 bits per heavy atom. The zero-order valence-electron chi connectivity index (χ0n) is 7.40. The molecule has 0 amide bonds. The molecule has 1 atom stereocenters. The summed E-state index contributed by atoms with van der Waals surface area (Å²) < 4.78 is 0. The molecule has 13 heavy (non-hydrogen) atoms. The van der Waals surface area contributed by atoms with Gasteiger partial charge in [0.1, 0.15) is 0 Å². The van der Waals surface area contributed by atoms with Crippen molar-refractivity contribution in [2.45, 2.75) is 25.3 Å². The molecule has 1 unspecified atom stereocenters. The summed E-state index contributed by atoms with van der Waals surface area (Å²) in [5.41, 5.74) is 8.76. The molecule has 0 fully saturated rings. The number of aryl methyl sites for hydroxylation is 1. The number of nitrogens with two attached hydrogens (primary N) is 1. The van der Waals surface area contributed by atoms with Crippen LogP contribution < -0.4 is 5.73 Å². The van der Waals surface area contributed by atoms with E-state index in [-0.39, 0.29) is 24.8 Å². The van der Waals surface area contributed by atoms with Crippen molar-refractivity contribution in [1.82, 2.24) is 0 Å². The van der Waals surface area contributed by atoms with Gasteiger partial charge in [-0.05, 0) is 30.4 Å². The molecule has 1 nitrogen and oxygen atoms in total. The van der Waals surface area contributed by atoms with Gasteiger partial charge in [0, 0.05) is 6.04 Å². The lowest BCUT2D eigenvalue weighted by atomic mass is 9.88. The second-order valence-electron chi connectivity index (χ2n) is 3.20. The molecule has 1 aliphatic carbocycles. The maximum absolute atomic E-state index is 5.95. The third kappa shape index (κ3) is 2.60. The van der Waals surface area contributed by atoms with Gasteiger partial charge in [0.15, 0.2) is 0 Å². The normalized spacial score (nSPS) is 19.3. The van der Waals surface area contributed by atoms with E-state index in [1.54, 1.807) is 0 Å². The standard InChI is InChI=1S/C10H13N.2ClH/c11-10-7-3-5-8-4-1-2-6-9(8)10;;/h1-2,4,6,10H,3,5,7,11H2;2*1H. The number of fused-ring (bicyclic) bond motifs is 1. The number of hydrogen-bond donors (Lipinski definition) is 1. The van der Waals surface area contributed by atoms with Gasteiger partial charge in [-0.2, -0.15) is 0 Å². The average molecular weight is 220 g/mol. The monoisotopic (exact) mass is 219 g/mol. The Bertz CT molecular complexity index is 263. The number of benzene rings is 1. The predicted octanol–water partition coefficient (Wildman–Crippen LogP) is 2.87. The van der Waals surface area contributed by atoms with Crippen LogP contribution in [0.1, 0.15) is 30.0 Å². The molecule has 74 valence electrons. The lowest BCUT2D eigenvalue weighted by Crippen LogP contribution is -2.16. The summed E-state index contributed by atoms with van der Waals surface area (Å²) in [7, 11) is 0. The van der Waals surface area contributed by atoms with Crippen molar-refractivity contribution in [3.05, 3.63) is 35.4 Å². The van der Waals surface area contributed by atoms with Gasteiger partial charge in [-0.1, -0.05) is 24.3 Å². The molecule has 0 heterocycles. The summed E-state index contributed by atoms with van der Waals surface area (Å²) in [6.07, 6.45) is 3.61. The van der Waals surface area contributed by atoms with Crippen LogP contribution in [-0.4, -0.2) is 0 Å². The molecular formula is C10H15Cl2N. The van der Waals surface area contributed by atoms with Crippen molar-refractivity contribution < 1.29 is 0 Å². The Labute approximate surface area is 91.5 Å². The van der Waals surface area contributed by atoms with Gasteiger partial charge in [0.05, 0.1) is 0 Å². The highest BCUT2D eigenvalue weighted by atomic mass is 35.5. The summed E-state index contributed by atoms with van der Waals surface area (Å²) >= 11 is 0. The minimum absolute atomic E-state index is 0. The first-order chi connectivity index (χ1) is 5.38. The summed E-state index contributed by atoms with van der Waals surface area (Å²) in [6.45, 7) is 0. The van der Waals surface area contributed by atoms with Gasteiger partial charge in [0.25, 0.3) is 0 Å². The molecule has 0 radical (unpaired) electrons. The van der Waals surface area contributed by atoms with Gasteiger partial charge < -0.3 is 5.73 Å². The second-order valence-corrected chi connectivity index (χ2v) is 3.20. The zero-order valence-corrected chi connectivity index (χ0v) is 9.03. The number of hydrogen-bond acceptors (Lipinski definition) is 1. The van der Waals surface area contributed by atoms with E-state index in [1.807, 2.05) is 0 Å². The molecule has 0 saturated carbocycles. The van der Waals surface area contributed by atoms with Crippen molar-refractivity contribution in [2.24, 2.45) is 5.73 Å². The van der Waals surface area contributed by atoms with Gasteiger partial charge in [-0.25, -0.2) is 0 Å². The minimum atomic E-state index is 0. The zero-order chi connectivity index (χ0) is 7.68. The van der Waals surface area contributed by atoms with E-state index < -0.39 is 0 Å². The van der Waals surface area contributed by atoms with Crippen LogP contribution in [0, 0.1) is 0 Å². The van der Waals surface area contributed by atoms with E-state index in [9.17, 15) is 0 Å². The quantitative estimate of drug-likeness (QED) is 0.714. The Balaban J connectivity index is 0.000000720. The molecule has 2 rings (SSSR count). The highest BCUT2D eigenvalue weighted by Gasteiger charge is 2.14. The molecule has 1 aromatic rings. The molecule has 2 N–H and O–H groups in total. The van der Waals surface area contributed by atoms with Gasteiger partial charge in [-0.3, -0.25) is 0 Å². The van der Waals surface area contributed by atoms with Crippen LogP contribution >= 0.6 is 24.8 Å². The summed E-state index contributed by atoms with van der Waals surface area (Å²) in [6, 6.07) is 8.80. The van der Waals surface area contributed by atoms with Crippen LogP contribution in [0.2, 0.25) is 0 Å². The first-order valence-electron chi connectivity index (χ1n) is 4.21. The fourth-order valence-electron chi connectivity index (χ4n) is 1.79.